The molecule has 0 atom stereocenters. The Balaban J connectivity index is 1.98. The lowest BCUT2D eigenvalue weighted by atomic mass is 10.1. The van der Waals surface area contributed by atoms with Gasteiger partial charge in [0, 0.05) is 6.54 Å². The van der Waals surface area contributed by atoms with E-state index in [1.54, 1.807) is 0 Å². The van der Waals surface area contributed by atoms with Crippen LogP contribution in [0.5, 0.6) is 0 Å². The molecule has 1 aromatic heterocycles. The topological polar surface area (TPSA) is 43.8 Å². The number of nitrogens with two attached hydrogens (primary N) is 1. The van der Waals surface area contributed by atoms with Crippen molar-refractivity contribution in [3.8, 4) is 0 Å². The Bertz CT molecular complexity index is 624. The zero-order valence-electron chi connectivity index (χ0n) is 11.0. The van der Waals surface area contributed by atoms with Crippen molar-refractivity contribution in [3.05, 3.63) is 23.8 Å². The first-order chi connectivity index (χ1) is 9.45. The molecule has 3 rings (SSSR count). The number of hydrogen-bond donors (Lipinski definition) is 1. The van der Waals surface area contributed by atoms with Crippen molar-refractivity contribution in [2.24, 2.45) is 5.92 Å². The number of nitrogens with zero attached hydrogens (tertiary/aromatic N) is 2. The molecule has 1 aromatic carbocycles. The second-order valence-electron chi connectivity index (χ2n) is 5.43. The molecule has 2 N–H and O–H groups in total. The van der Waals surface area contributed by atoms with Crippen LogP contribution in [0.25, 0.3) is 11.0 Å². The normalized spacial score (nSPS) is 17.1. The molecule has 108 valence electrons. The van der Waals surface area contributed by atoms with Crippen LogP contribution in [-0.2, 0) is 12.7 Å². The van der Waals surface area contributed by atoms with Gasteiger partial charge in [-0.15, -0.1) is 0 Å². The highest BCUT2D eigenvalue weighted by Gasteiger charge is 2.31. The average Bonchev–Trinajstić information content (AvgIpc) is 2.97. The molecule has 1 fully saturated rings. The summed E-state index contributed by atoms with van der Waals surface area (Å²) in [6.07, 6.45) is 0.391. The van der Waals surface area contributed by atoms with Crippen LogP contribution < -0.4 is 5.73 Å². The first kappa shape index (κ1) is 13.3. The molecule has 1 heterocycles. The van der Waals surface area contributed by atoms with E-state index in [1.807, 2.05) is 4.57 Å². The van der Waals surface area contributed by atoms with Crippen LogP contribution in [0, 0.1) is 5.92 Å². The smallest absolute Gasteiger partial charge is 0.369 e. The van der Waals surface area contributed by atoms with Crippen LogP contribution in [0.3, 0.4) is 0 Å². The summed E-state index contributed by atoms with van der Waals surface area (Å²) in [6, 6.07) is 3.63. The number of imidazole rings is 1. The maximum absolute atomic E-state index is 12.7. The summed E-state index contributed by atoms with van der Waals surface area (Å²) in [6.45, 7) is 0.744. The fraction of sp³-hybridized carbons (Fsp3) is 0.500. The largest absolute Gasteiger partial charge is 0.416 e. The molecule has 0 aliphatic heterocycles. The minimum Gasteiger partial charge on any atom is -0.369 e. The highest BCUT2D eigenvalue weighted by Crippen LogP contribution is 2.33. The Kier molecular flexibility index (Phi) is 3.11. The molecule has 20 heavy (non-hydrogen) atoms. The predicted octanol–water partition coefficient (Wildman–Crippen LogP) is 3.83. The van der Waals surface area contributed by atoms with Crippen LogP contribution in [0.4, 0.5) is 19.1 Å². The van der Waals surface area contributed by atoms with E-state index in [9.17, 15) is 13.2 Å². The lowest BCUT2D eigenvalue weighted by Crippen LogP contribution is -2.10. The number of alkyl halides is 3. The number of halogens is 3. The summed E-state index contributed by atoms with van der Waals surface area (Å²) in [5, 5.41) is 0. The minimum absolute atomic E-state index is 0.297. The molecule has 3 nitrogen and oxygen atoms in total. The van der Waals surface area contributed by atoms with E-state index in [1.165, 1.54) is 18.9 Å². The minimum atomic E-state index is -4.35. The summed E-state index contributed by atoms with van der Waals surface area (Å²) >= 11 is 0. The summed E-state index contributed by atoms with van der Waals surface area (Å²) in [7, 11) is 0. The van der Waals surface area contributed by atoms with Gasteiger partial charge in [-0.2, -0.15) is 13.2 Å². The van der Waals surface area contributed by atoms with Crippen LogP contribution >= 0.6 is 0 Å². The third kappa shape index (κ3) is 2.34. The van der Waals surface area contributed by atoms with Crippen molar-refractivity contribution in [1.29, 1.82) is 0 Å². The molecule has 2 aromatic rings. The van der Waals surface area contributed by atoms with Gasteiger partial charge in [0.1, 0.15) is 0 Å². The Morgan fingerprint density at radius 3 is 2.60 bits per heavy atom. The Labute approximate surface area is 114 Å². The van der Waals surface area contributed by atoms with Gasteiger partial charge in [-0.25, -0.2) is 4.98 Å². The number of fused-ring (bicyclic) bond motifs is 1. The summed E-state index contributed by atoms with van der Waals surface area (Å²) < 4.78 is 39.9. The molecular formula is C14H16F3N3. The van der Waals surface area contributed by atoms with Crippen LogP contribution in [0.15, 0.2) is 18.2 Å². The van der Waals surface area contributed by atoms with Gasteiger partial charge < -0.3 is 10.3 Å². The van der Waals surface area contributed by atoms with Gasteiger partial charge >= 0.3 is 6.18 Å². The number of aromatic nitrogens is 2. The SMILES string of the molecule is Nc1nc2cc(C(F)(F)F)ccc2n1CC1CCCC1. The molecule has 0 radical (unpaired) electrons. The molecule has 0 saturated heterocycles. The second-order valence-corrected chi connectivity index (χ2v) is 5.43. The lowest BCUT2D eigenvalue weighted by molar-refractivity contribution is -0.137. The van der Waals surface area contributed by atoms with Crippen LogP contribution in [-0.4, -0.2) is 9.55 Å². The van der Waals surface area contributed by atoms with Gasteiger partial charge in [-0.05, 0) is 37.0 Å². The predicted molar refractivity (Wildman–Crippen MR) is 71.1 cm³/mol. The fourth-order valence-electron chi connectivity index (χ4n) is 2.97. The first-order valence-electron chi connectivity index (χ1n) is 6.78. The van der Waals surface area contributed by atoms with Crippen molar-refractivity contribution >= 4 is 17.0 Å². The molecule has 6 heteroatoms. The zero-order chi connectivity index (χ0) is 14.3. The first-order valence-corrected chi connectivity index (χ1v) is 6.78. The molecule has 0 amide bonds. The highest BCUT2D eigenvalue weighted by molar-refractivity contribution is 5.79. The van der Waals surface area contributed by atoms with Gasteiger partial charge in [-0.3, -0.25) is 0 Å². The number of rotatable bonds is 2. The summed E-state index contributed by atoms with van der Waals surface area (Å²) in [4.78, 5) is 4.07. The van der Waals surface area contributed by atoms with Crippen LogP contribution in [0.1, 0.15) is 31.2 Å². The zero-order valence-corrected chi connectivity index (χ0v) is 11.0. The van der Waals surface area contributed by atoms with E-state index < -0.39 is 11.7 Å². The van der Waals surface area contributed by atoms with Crippen molar-refractivity contribution in [2.45, 2.75) is 38.4 Å². The second kappa shape index (κ2) is 4.68. The maximum Gasteiger partial charge on any atom is 0.416 e. The van der Waals surface area contributed by atoms with Gasteiger partial charge in [0.15, 0.2) is 0 Å². The van der Waals surface area contributed by atoms with Gasteiger partial charge in [-0.1, -0.05) is 12.8 Å². The fourth-order valence-corrected chi connectivity index (χ4v) is 2.97. The third-order valence-corrected chi connectivity index (χ3v) is 4.02. The Hall–Kier alpha value is -1.72. The highest BCUT2D eigenvalue weighted by atomic mass is 19.4. The Morgan fingerprint density at radius 1 is 1.25 bits per heavy atom. The molecule has 0 spiro atoms. The molecule has 1 aliphatic rings. The van der Waals surface area contributed by atoms with Crippen molar-refractivity contribution in [1.82, 2.24) is 9.55 Å². The number of nitrogen functional groups attached to an aromatic ring is 1. The molecule has 1 aliphatic carbocycles. The average molecular weight is 283 g/mol. The molecular weight excluding hydrogens is 267 g/mol. The van der Waals surface area contributed by atoms with Gasteiger partial charge in [0.05, 0.1) is 16.6 Å². The van der Waals surface area contributed by atoms with Gasteiger partial charge in [0.2, 0.25) is 5.95 Å². The van der Waals surface area contributed by atoms with E-state index in [4.69, 9.17) is 5.73 Å². The third-order valence-electron chi connectivity index (χ3n) is 4.02. The molecule has 0 bridgehead atoms. The maximum atomic E-state index is 12.7. The monoisotopic (exact) mass is 283 g/mol. The summed E-state index contributed by atoms with van der Waals surface area (Å²) in [5.74, 6) is 0.850. The molecule has 0 unspecified atom stereocenters. The van der Waals surface area contributed by atoms with E-state index in [-0.39, 0.29) is 0 Å². The van der Waals surface area contributed by atoms with Crippen molar-refractivity contribution in [3.63, 3.8) is 0 Å². The van der Waals surface area contributed by atoms with E-state index in [0.29, 0.717) is 22.9 Å². The number of anilines is 1. The van der Waals surface area contributed by atoms with Crippen molar-refractivity contribution < 1.29 is 13.2 Å². The molecule has 1 saturated carbocycles. The Morgan fingerprint density at radius 2 is 1.95 bits per heavy atom. The van der Waals surface area contributed by atoms with Gasteiger partial charge in [0.25, 0.3) is 0 Å². The standard InChI is InChI=1S/C14H16F3N3/c15-14(16,17)10-5-6-12-11(7-10)19-13(18)20(12)8-9-3-1-2-4-9/h5-7,9H,1-4,8H2,(H2,18,19). The van der Waals surface area contributed by atoms with E-state index in [2.05, 4.69) is 4.98 Å². The lowest BCUT2D eigenvalue weighted by Gasteiger charge is -2.12. The number of hydrogen-bond acceptors (Lipinski definition) is 2. The quantitative estimate of drug-likeness (QED) is 0.910. The number of benzene rings is 1. The van der Waals surface area contributed by atoms with E-state index >= 15 is 0 Å². The van der Waals surface area contributed by atoms with Crippen molar-refractivity contribution in [2.75, 3.05) is 5.73 Å². The summed E-state index contributed by atoms with van der Waals surface area (Å²) in [5.41, 5.74) is 6.17. The van der Waals surface area contributed by atoms with Crippen LogP contribution in [0.2, 0.25) is 0 Å². The van der Waals surface area contributed by atoms with E-state index in [0.717, 1.165) is 31.5 Å².